The Balaban J connectivity index is 1.13. The number of nitrogens with zero attached hydrogens (tertiary/aromatic N) is 5. The van der Waals surface area contributed by atoms with Crippen LogP contribution in [0.25, 0.3) is 33.6 Å². The highest BCUT2D eigenvalue weighted by atomic mass is 16.5. The summed E-state index contributed by atoms with van der Waals surface area (Å²) in [6.07, 6.45) is 5.11. The van der Waals surface area contributed by atoms with E-state index in [2.05, 4.69) is 39.6 Å². The maximum absolute atomic E-state index is 13.8. The summed E-state index contributed by atoms with van der Waals surface area (Å²) in [5.41, 5.74) is 5.50. The van der Waals surface area contributed by atoms with Crippen LogP contribution in [0.15, 0.2) is 60.9 Å². The molecular weight excluding hydrogens is 713 g/mol. The number of ether oxygens (including phenoxy) is 1. The molecule has 4 aromatic rings. The van der Waals surface area contributed by atoms with E-state index in [1.54, 1.807) is 0 Å². The number of aromatic nitrogens is 4. The maximum Gasteiger partial charge on any atom is 0.407 e. The highest BCUT2D eigenvalue weighted by Gasteiger charge is 2.43. The number of H-pyrrole nitrogens is 2. The van der Waals surface area contributed by atoms with Crippen molar-refractivity contribution in [1.82, 2.24) is 40.0 Å². The standard InChI is InChI=1S/C42H54N8O6/c1-23(2)35(47-41(53)56-8)39(51)49-25(5)9-19-33(49)37-43-21-31(45-37)29-15-11-27(12-16-29)28-13-17-30(18-14-28)32-22-44-38(46-32)34-20-10-26(6)50(34)40(52)36(24(3)4)48(7)42(54)55/h11-18,21-26,33-36H,9-10,19-20H2,1-8H3,(H,43,45)(H,44,46)(H,47,53)(H,54,55)/t25-,26-,33-,34-,35-,36-/m0/s1. The Bertz CT molecular complexity index is 2020. The molecule has 2 fully saturated rings. The molecule has 2 aliphatic rings. The van der Waals surface area contributed by atoms with Gasteiger partial charge in [0.05, 0.1) is 30.6 Å². The second-order valence-corrected chi connectivity index (χ2v) is 15.8. The third-order valence-corrected chi connectivity index (χ3v) is 11.4. The molecule has 0 aliphatic carbocycles. The number of alkyl carbamates (subject to hydrolysis) is 1. The molecule has 0 radical (unpaired) electrons. The first-order chi connectivity index (χ1) is 26.7. The van der Waals surface area contributed by atoms with Crippen molar-refractivity contribution in [2.45, 2.75) is 103 Å². The Labute approximate surface area is 328 Å². The van der Waals surface area contributed by atoms with Crippen molar-refractivity contribution in [2.75, 3.05) is 14.2 Å². The van der Waals surface area contributed by atoms with Crippen LogP contribution in [0.1, 0.15) is 91.0 Å². The number of amides is 4. The minimum Gasteiger partial charge on any atom is -0.465 e. The molecule has 2 saturated heterocycles. The topological polar surface area (TPSA) is 177 Å². The van der Waals surface area contributed by atoms with Gasteiger partial charge in [-0.25, -0.2) is 19.6 Å². The predicted molar refractivity (Wildman–Crippen MR) is 212 cm³/mol. The van der Waals surface area contributed by atoms with Gasteiger partial charge in [-0.15, -0.1) is 0 Å². The molecule has 14 nitrogen and oxygen atoms in total. The van der Waals surface area contributed by atoms with E-state index in [0.717, 1.165) is 64.2 Å². The van der Waals surface area contributed by atoms with Crippen LogP contribution < -0.4 is 5.32 Å². The maximum atomic E-state index is 13.8. The van der Waals surface area contributed by atoms with Gasteiger partial charge in [-0.3, -0.25) is 14.5 Å². The van der Waals surface area contributed by atoms with Gasteiger partial charge >= 0.3 is 12.2 Å². The molecule has 4 heterocycles. The van der Waals surface area contributed by atoms with E-state index in [1.807, 2.05) is 88.0 Å². The monoisotopic (exact) mass is 766 g/mol. The SMILES string of the molecule is COC(=O)N[C@H](C(=O)N1[C@@H](C)CC[C@H]1c1nc(-c2ccc(-c3ccc(-c4c[nH]c([C@@H]5CC[C@H](C)N5C(=O)[C@H](C(C)C)N(C)C(=O)O)n4)cc3)cc2)c[nH]1)C(C)C. The van der Waals surface area contributed by atoms with Crippen LogP contribution in [0, 0.1) is 11.8 Å². The quantitative estimate of drug-likeness (QED) is 0.123. The number of benzene rings is 2. The molecule has 0 bridgehead atoms. The Hall–Kier alpha value is -5.66. The molecular formula is C42H54N8O6. The van der Waals surface area contributed by atoms with Crippen LogP contribution in [0.3, 0.4) is 0 Å². The van der Waals surface area contributed by atoms with Crippen LogP contribution in [-0.2, 0) is 14.3 Å². The van der Waals surface area contributed by atoms with Gasteiger partial charge in [0, 0.05) is 42.7 Å². The van der Waals surface area contributed by atoms with Crippen LogP contribution >= 0.6 is 0 Å². The molecule has 4 amide bonds. The average molecular weight is 767 g/mol. The Morgan fingerprint density at radius 3 is 1.55 bits per heavy atom. The lowest BCUT2D eigenvalue weighted by Crippen LogP contribution is -2.53. The number of rotatable bonds is 11. The second-order valence-electron chi connectivity index (χ2n) is 15.8. The normalized spacial score (nSPS) is 20.7. The van der Waals surface area contributed by atoms with Gasteiger partial charge in [-0.1, -0.05) is 76.2 Å². The number of carboxylic acid groups (broad SMARTS) is 1. The first kappa shape index (κ1) is 40.0. The van der Waals surface area contributed by atoms with Crippen molar-refractivity contribution in [3.05, 3.63) is 72.6 Å². The molecule has 6 atom stereocenters. The molecule has 14 heteroatoms. The third kappa shape index (κ3) is 8.00. The molecule has 2 aliphatic heterocycles. The first-order valence-electron chi connectivity index (χ1n) is 19.5. The van der Waals surface area contributed by atoms with E-state index in [9.17, 15) is 24.3 Å². The van der Waals surface area contributed by atoms with Crippen molar-refractivity contribution in [2.24, 2.45) is 11.8 Å². The lowest BCUT2D eigenvalue weighted by atomic mass is 10.0. The highest BCUT2D eigenvalue weighted by Crippen LogP contribution is 2.39. The van der Waals surface area contributed by atoms with Gasteiger partial charge in [-0.05, 0) is 62.5 Å². The van der Waals surface area contributed by atoms with Crippen LogP contribution in [0.2, 0.25) is 0 Å². The van der Waals surface area contributed by atoms with Crippen molar-refractivity contribution in [3.8, 4) is 33.6 Å². The summed E-state index contributed by atoms with van der Waals surface area (Å²) in [6, 6.07) is 14.3. The number of hydrogen-bond donors (Lipinski definition) is 4. The summed E-state index contributed by atoms with van der Waals surface area (Å²) in [7, 11) is 2.74. The summed E-state index contributed by atoms with van der Waals surface area (Å²) >= 11 is 0. The number of carbonyl (C=O) groups is 4. The van der Waals surface area contributed by atoms with Crippen molar-refractivity contribution in [3.63, 3.8) is 0 Å². The van der Waals surface area contributed by atoms with Crippen molar-refractivity contribution in [1.29, 1.82) is 0 Å². The molecule has 0 spiro atoms. The smallest absolute Gasteiger partial charge is 0.407 e. The largest absolute Gasteiger partial charge is 0.465 e. The number of likely N-dealkylation sites (N-methyl/N-ethyl adjacent to an activating group) is 1. The lowest BCUT2D eigenvalue weighted by molar-refractivity contribution is -0.140. The van der Waals surface area contributed by atoms with Crippen LogP contribution in [-0.4, -0.2) is 102 Å². The summed E-state index contributed by atoms with van der Waals surface area (Å²) in [5, 5.41) is 12.4. The Kier molecular flexibility index (Phi) is 11.9. The summed E-state index contributed by atoms with van der Waals surface area (Å²) in [5.74, 6) is 0.754. The van der Waals surface area contributed by atoms with E-state index in [-0.39, 0.29) is 47.8 Å². The van der Waals surface area contributed by atoms with Crippen LogP contribution in [0.4, 0.5) is 9.59 Å². The van der Waals surface area contributed by atoms with E-state index in [1.165, 1.54) is 14.2 Å². The first-order valence-corrected chi connectivity index (χ1v) is 19.5. The molecule has 56 heavy (non-hydrogen) atoms. The van der Waals surface area contributed by atoms with Gasteiger partial charge < -0.3 is 34.9 Å². The molecule has 2 aromatic heterocycles. The number of imidazole rings is 2. The lowest BCUT2D eigenvalue weighted by Gasteiger charge is -2.36. The highest BCUT2D eigenvalue weighted by molar-refractivity contribution is 5.87. The van der Waals surface area contributed by atoms with E-state index >= 15 is 0 Å². The summed E-state index contributed by atoms with van der Waals surface area (Å²) in [4.78, 5) is 72.6. The fraction of sp³-hybridized carbons (Fsp3) is 0.476. The molecule has 298 valence electrons. The second kappa shape index (κ2) is 16.6. The van der Waals surface area contributed by atoms with Gasteiger partial charge in [0.2, 0.25) is 11.8 Å². The summed E-state index contributed by atoms with van der Waals surface area (Å²) < 4.78 is 4.78. The fourth-order valence-corrected chi connectivity index (χ4v) is 8.25. The third-order valence-electron chi connectivity index (χ3n) is 11.4. The molecule has 0 saturated carbocycles. The van der Waals surface area contributed by atoms with Gasteiger partial charge in [-0.2, -0.15) is 0 Å². The predicted octanol–water partition coefficient (Wildman–Crippen LogP) is 7.25. The zero-order valence-corrected chi connectivity index (χ0v) is 33.4. The molecule has 4 N–H and O–H groups in total. The van der Waals surface area contributed by atoms with Crippen molar-refractivity contribution >= 4 is 24.0 Å². The molecule has 6 rings (SSSR count). The number of carbonyl (C=O) groups excluding carboxylic acids is 3. The number of nitrogens with one attached hydrogen (secondary N) is 3. The fourth-order valence-electron chi connectivity index (χ4n) is 8.25. The van der Waals surface area contributed by atoms with Crippen molar-refractivity contribution < 1.29 is 29.0 Å². The summed E-state index contributed by atoms with van der Waals surface area (Å²) in [6.45, 7) is 11.6. The Morgan fingerprint density at radius 1 is 0.732 bits per heavy atom. The minimum atomic E-state index is -1.13. The molecule has 0 unspecified atom stereocenters. The minimum absolute atomic E-state index is 0.00305. The average Bonchev–Trinajstić information content (AvgIpc) is 4.00. The molecule has 2 aromatic carbocycles. The number of methoxy groups -OCH3 is 1. The van der Waals surface area contributed by atoms with Gasteiger partial charge in [0.15, 0.2) is 0 Å². The zero-order valence-electron chi connectivity index (χ0n) is 33.4. The van der Waals surface area contributed by atoms with E-state index in [0.29, 0.717) is 11.6 Å². The number of hydrogen-bond acceptors (Lipinski definition) is 7. The zero-order chi connectivity index (χ0) is 40.4. The number of aromatic amines is 2. The van der Waals surface area contributed by atoms with E-state index in [4.69, 9.17) is 14.7 Å². The number of likely N-dealkylation sites (tertiary alicyclic amines) is 2. The van der Waals surface area contributed by atoms with Gasteiger partial charge in [0.25, 0.3) is 0 Å². The Morgan fingerprint density at radius 2 is 1.16 bits per heavy atom. The van der Waals surface area contributed by atoms with E-state index < -0.39 is 24.3 Å². The van der Waals surface area contributed by atoms with Gasteiger partial charge in [0.1, 0.15) is 23.7 Å². The van der Waals surface area contributed by atoms with Crippen LogP contribution in [0.5, 0.6) is 0 Å².